The number of carbonyl (C=O) groups excluding carboxylic acids is 1. The van der Waals surface area contributed by atoms with Crippen LogP contribution in [0.1, 0.15) is 41.5 Å². The van der Waals surface area contributed by atoms with E-state index < -0.39 is 21.5 Å². The molecule has 6 nitrogen and oxygen atoms in total. The van der Waals surface area contributed by atoms with Gasteiger partial charge in [-0.15, -0.1) is 0 Å². The predicted octanol–water partition coefficient (Wildman–Crippen LogP) is 1.56. The van der Waals surface area contributed by atoms with Crippen molar-refractivity contribution in [1.29, 1.82) is 0 Å². The van der Waals surface area contributed by atoms with Gasteiger partial charge < -0.3 is 15.4 Å². The molecular weight excluding hydrogens is 292 g/mol. The molecule has 0 aromatic rings. The molecular formula is C14H30N2O4S. The molecule has 21 heavy (non-hydrogen) atoms. The highest BCUT2D eigenvalue weighted by Crippen LogP contribution is 2.07. The second kappa shape index (κ2) is 7.98. The van der Waals surface area contributed by atoms with Crippen LogP contribution >= 0.6 is 0 Å². The Morgan fingerprint density at radius 1 is 1.19 bits per heavy atom. The van der Waals surface area contributed by atoms with Gasteiger partial charge in [0.2, 0.25) is 0 Å². The third-order valence-corrected chi connectivity index (χ3v) is 3.83. The number of sulfone groups is 1. The van der Waals surface area contributed by atoms with E-state index in [2.05, 4.69) is 10.6 Å². The fourth-order valence-electron chi connectivity index (χ4n) is 1.86. The summed E-state index contributed by atoms with van der Waals surface area (Å²) in [7, 11) is -3.02. The van der Waals surface area contributed by atoms with Crippen LogP contribution in [0.15, 0.2) is 0 Å². The smallest absolute Gasteiger partial charge is 0.407 e. The molecule has 0 aliphatic carbocycles. The van der Waals surface area contributed by atoms with E-state index in [0.717, 1.165) is 0 Å². The highest BCUT2D eigenvalue weighted by Gasteiger charge is 2.21. The normalized spacial score (nSPS) is 15.6. The Labute approximate surface area is 128 Å². The van der Waals surface area contributed by atoms with Gasteiger partial charge in [-0.05, 0) is 33.6 Å². The molecule has 0 saturated heterocycles. The number of hydrogen-bond acceptors (Lipinski definition) is 5. The maximum atomic E-state index is 11.6. The lowest BCUT2D eigenvalue weighted by molar-refractivity contribution is 0.0518. The van der Waals surface area contributed by atoms with Gasteiger partial charge in [-0.1, -0.05) is 13.8 Å². The molecule has 0 aromatic carbocycles. The molecule has 2 unspecified atom stereocenters. The predicted molar refractivity (Wildman–Crippen MR) is 85.2 cm³/mol. The zero-order chi connectivity index (χ0) is 16.8. The Balaban J connectivity index is 4.41. The zero-order valence-corrected chi connectivity index (χ0v) is 15.0. The Hall–Kier alpha value is -0.820. The zero-order valence-electron chi connectivity index (χ0n) is 14.2. The maximum absolute atomic E-state index is 11.6. The number of amides is 1. The third-order valence-electron chi connectivity index (χ3n) is 2.72. The molecule has 0 aromatic heterocycles. The van der Waals surface area contributed by atoms with Crippen molar-refractivity contribution in [2.24, 2.45) is 5.92 Å². The van der Waals surface area contributed by atoms with Crippen LogP contribution in [-0.4, -0.2) is 50.7 Å². The first-order chi connectivity index (χ1) is 9.30. The summed E-state index contributed by atoms with van der Waals surface area (Å²) in [5, 5.41) is 5.96. The van der Waals surface area contributed by atoms with Crippen LogP contribution in [0.25, 0.3) is 0 Å². The first-order valence-corrected chi connectivity index (χ1v) is 9.27. The number of carbonyl (C=O) groups is 1. The van der Waals surface area contributed by atoms with Gasteiger partial charge in [0.1, 0.15) is 15.4 Å². The average Bonchev–Trinajstić information content (AvgIpc) is 2.18. The van der Waals surface area contributed by atoms with Crippen molar-refractivity contribution in [1.82, 2.24) is 10.6 Å². The van der Waals surface area contributed by atoms with Gasteiger partial charge in [0, 0.05) is 24.9 Å². The Kier molecular flexibility index (Phi) is 7.67. The maximum Gasteiger partial charge on any atom is 0.407 e. The molecule has 7 heteroatoms. The number of ether oxygens (including phenoxy) is 1. The molecule has 0 saturated carbocycles. The summed E-state index contributed by atoms with van der Waals surface area (Å²) in [6.45, 7) is 11.7. The van der Waals surface area contributed by atoms with Crippen LogP contribution in [0.4, 0.5) is 4.79 Å². The summed E-state index contributed by atoms with van der Waals surface area (Å²) in [6, 6.07) is -0.192. The van der Waals surface area contributed by atoms with Crippen LogP contribution in [0.3, 0.4) is 0 Å². The Morgan fingerprint density at radius 2 is 1.71 bits per heavy atom. The number of alkyl carbamates (subject to hydrolysis) is 1. The largest absolute Gasteiger partial charge is 0.444 e. The molecule has 0 rings (SSSR count). The van der Waals surface area contributed by atoms with Gasteiger partial charge in [0.15, 0.2) is 0 Å². The van der Waals surface area contributed by atoms with Gasteiger partial charge in [0.25, 0.3) is 0 Å². The van der Waals surface area contributed by atoms with Gasteiger partial charge in [-0.3, -0.25) is 0 Å². The minimum absolute atomic E-state index is 0.0192. The molecule has 0 heterocycles. The summed E-state index contributed by atoms with van der Waals surface area (Å²) in [5.74, 6) is 0.324. The van der Waals surface area contributed by atoms with Crippen LogP contribution in [0, 0.1) is 5.92 Å². The summed E-state index contributed by atoms with van der Waals surface area (Å²) in [5.41, 5.74) is -0.533. The number of nitrogens with one attached hydrogen (secondary N) is 2. The number of hydrogen-bond donors (Lipinski definition) is 2. The lowest BCUT2D eigenvalue weighted by atomic mass is 10.0. The van der Waals surface area contributed by atoms with E-state index in [9.17, 15) is 13.2 Å². The molecule has 0 aliphatic heterocycles. The standard InChI is InChI=1S/C14H30N2O4S/c1-10(2)12(16-11(3)9-21(7,18)19)8-15-13(17)20-14(4,5)6/h10-12,16H,8-9H2,1-7H3,(H,15,17). The third kappa shape index (κ3) is 11.5. The second-order valence-electron chi connectivity index (χ2n) is 6.89. The summed E-state index contributed by atoms with van der Waals surface area (Å²) in [4.78, 5) is 11.6. The second-order valence-corrected chi connectivity index (χ2v) is 9.08. The van der Waals surface area contributed by atoms with Crippen LogP contribution in [0.5, 0.6) is 0 Å². The van der Waals surface area contributed by atoms with Gasteiger partial charge in [0.05, 0.1) is 5.75 Å². The van der Waals surface area contributed by atoms with E-state index in [1.165, 1.54) is 6.26 Å². The molecule has 126 valence electrons. The summed E-state index contributed by atoms with van der Waals surface area (Å²) in [6.07, 6.45) is 0.750. The molecule has 1 amide bonds. The van der Waals surface area contributed by atoms with E-state index >= 15 is 0 Å². The van der Waals surface area contributed by atoms with Crippen molar-refractivity contribution >= 4 is 15.9 Å². The van der Waals surface area contributed by atoms with Crippen molar-refractivity contribution in [3.05, 3.63) is 0 Å². The lowest BCUT2D eigenvalue weighted by Crippen LogP contribution is -2.49. The monoisotopic (exact) mass is 322 g/mol. The first kappa shape index (κ1) is 20.2. The van der Waals surface area contributed by atoms with E-state index in [4.69, 9.17) is 4.74 Å². The fraction of sp³-hybridized carbons (Fsp3) is 0.929. The highest BCUT2D eigenvalue weighted by molar-refractivity contribution is 7.90. The molecule has 2 atom stereocenters. The van der Waals surface area contributed by atoms with Gasteiger partial charge in [-0.2, -0.15) is 0 Å². The van der Waals surface area contributed by atoms with Gasteiger partial charge >= 0.3 is 6.09 Å². The van der Waals surface area contributed by atoms with E-state index in [1.807, 2.05) is 20.8 Å². The topological polar surface area (TPSA) is 84.5 Å². The molecule has 2 N–H and O–H groups in total. The van der Waals surface area contributed by atoms with E-state index in [-0.39, 0.29) is 23.8 Å². The number of rotatable bonds is 7. The highest BCUT2D eigenvalue weighted by atomic mass is 32.2. The molecule has 0 bridgehead atoms. The SMILES string of the molecule is CC(CS(C)(=O)=O)NC(CNC(=O)OC(C)(C)C)C(C)C. The molecule has 0 spiro atoms. The van der Waals surface area contributed by atoms with E-state index in [1.54, 1.807) is 20.8 Å². The fourth-order valence-corrected chi connectivity index (χ4v) is 2.87. The van der Waals surface area contributed by atoms with Crippen LogP contribution < -0.4 is 10.6 Å². The van der Waals surface area contributed by atoms with Gasteiger partial charge in [-0.25, -0.2) is 13.2 Å². The Morgan fingerprint density at radius 3 is 2.10 bits per heavy atom. The van der Waals surface area contributed by atoms with Crippen LogP contribution in [-0.2, 0) is 14.6 Å². The van der Waals surface area contributed by atoms with E-state index in [0.29, 0.717) is 6.54 Å². The Bertz CT molecular complexity index is 427. The van der Waals surface area contributed by atoms with Crippen molar-refractivity contribution in [3.63, 3.8) is 0 Å². The van der Waals surface area contributed by atoms with Crippen molar-refractivity contribution in [3.8, 4) is 0 Å². The summed E-state index contributed by atoms with van der Waals surface area (Å²) < 4.78 is 27.8. The summed E-state index contributed by atoms with van der Waals surface area (Å²) >= 11 is 0. The van der Waals surface area contributed by atoms with Crippen molar-refractivity contribution in [2.75, 3.05) is 18.6 Å². The molecule has 0 radical (unpaired) electrons. The van der Waals surface area contributed by atoms with Crippen LogP contribution in [0.2, 0.25) is 0 Å². The van der Waals surface area contributed by atoms with Crippen molar-refractivity contribution < 1.29 is 17.9 Å². The minimum atomic E-state index is -3.02. The molecule has 0 aliphatic rings. The average molecular weight is 322 g/mol. The van der Waals surface area contributed by atoms with Crippen molar-refractivity contribution in [2.45, 2.75) is 59.2 Å². The minimum Gasteiger partial charge on any atom is -0.444 e. The lowest BCUT2D eigenvalue weighted by Gasteiger charge is -2.27. The molecule has 0 fully saturated rings. The first-order valence-electron chi connectivity index (χ1n) is 7.21. The quantitative estimate of drug-likeness (QED) is 0.743.